The van der Waals surface area contributed by atoms with Gasteiger partial charge in [-0.3, -0.25) is 4.79 Å². The summed E-state index contributed by atoms with van der Waals surface area (Å²) in [6, 6.07) is 14.5. The summed E-state index contributed by atoms with van der Waals surface area (Å²) in [5, 5.41) is 9.70. The van der Waals surface area contributed by atoms with Crippen LogP contribution >= 0.6 is 12.2 Å². The van der Waals surface area contributed by atoms with Crippen LogP contribution in [0.2, 0.25) is 0 Å². The Hall–Kier alpha value is -2.64. The van der Waals surface area contributed by atoms with Crippen molar-refractivity contribution in [2.24, 2.45) is 0 Å². The lowest BCUT2D eigenvalue weighted by atomic mass is 10.2. The van der Waals surface area contributed by atoms with Crippen LogP contribution in [0.25, 0.3) is 0 Å². The molecule has 0 aliphatic carbocycles. The molecule has 7 heteroatoms. The van der Waals surface area contributed by atoms with Crippen molar-refractivity contribution < 1.29 is 14.3 Å². The van der Waals surface area contributed by atoms with Crippen LogP contribution < -0.4 is 20.7 Å². The number of thiocarbonyl (C=S) groups is 1. The molecule has 2 aromatic carbocycles. The van der Waals surface area contributed by atoms with Gasteiger partial charge < -0.3 is 25.4 Å². The zero-order valence-electron chi connectivity index (χ0n) is 15.9. The highest BCUT2D eigenvalue weighted by Crippen LogP contribution is 2.17. The lowest BCUT2D eigenvalue weighted by molar-refractivity contribution is 0.102. The van der Waals surface area contributed by atoms with Crippen LogP contribution in [0.5, 0.6) is 5.75 Å². The van der Waals surface area contributed by atoms with Crippen molar-refractivity contribution in [3.63, 3.8) is 0 Å². The summed E-state index contributed by atoms with van der Waals surface area (Å²) < 4.78 is 11.0. The van der Waals surface area contributed by atoms with E-state index in [4.69, 9.17) is 21.7 Å². The summed E-state index contributed by atoms with van der Waals surface area (Å²) in [6.45, 7) is 4.07. The van der Waals surface area contributed by atoms with Crippen molar-refractivity contribution in [3.8, 4) is 5.75 Å². The predicted octanol–water partition coefficient (Wildman–Crippen LogP) is 3.80. The second-order valence-corrected chi connectivity index (χ2v) is 6.87. The average molecular weight is 400 g/mol. The molecule has 2 aromatic rings. The summed E-state index contributed by atoms with van der Waals surface area (Å²) in [4.78, 5) is 12.4. The number of amides is 1. The van der Waals surface area contributed by atoms with E-state index >= 15 is 0 Å². The SMILES string of the molecule is CCOc1ccc(NC(=O)c2ccc(NC(=S)NCC3CCCO3)cc2)cc1. The van der Waals surface area contributed by atoms with Crippen LogP contribution in [0.15, 0.2) is 48.5 Å². The normalized spacial score (nSPS) is 15.7. The van der Waals surface area contributed by atoms with Crippen molar-refractivity contribution in [2.45, 2.75) is 25.9 Å². The number of benzene rings is 2. The molecule has 1 heterocycles. The van der Waals surface area contributed by atoms with Crippen LogP contribution in [0.1, 0.15) is 30.1 Å². The van der Waals surface area contributed by atoms with E-state index in [0.29, 0.717) is 23.8 Å². The van der Waals surface area contributed by atoms with Crippen LogP contribution in [0.4, 0.5) is 11.4 Å². The van der Waals surface area contributed by atoms with Gasteiger partial charge in [-0.25, -0.2) is 0 Å². The van der Waals surface area contributed by atoms with Crippen LogP contribution in [-0.4, -0.2) is 36.9 Å². The van der Waals surface area contributed by atoms with Crippen molar-refractivity contribution in [3.05, 3.63) is 54.1 Å². The first-order valence-electron chi connectivity index (χ1n) is 9.45. The molecule has 3 N–H and O–H groups in total. The third-order valence-corrected chi connectivity index (χ3v) is 4.59. The maximum Gasteiger partial charge on any atom is 0.255 e. The standard InChI is InChI=1S/C21H25N3O3S/c1-2-26-18-11-9-16(10-12-18)23-20(25)15-5-7-17(8-6-15)24-21(28)22-14-19-4-3-13-27-19/h5-12,19H,2-4,13-14H2,1H3,(H,23,25)(H2,22,24,28). The first-order chi connectivity index (χ1) is 13.6. The fourth-order valence-electron chi connectivity index (χ4n) is 2.90. The van der Waals surface area contributed by atoms with Gasteiger partial charge in [0.15, 0.2) is 5.11 Å². The van der Waals surface area contributed by atoms with Crippen molar-refractivity contribution in [2.75, 3.05) is 30.4 Å². The third-order valence-electron chi connectivity index (χ3n) is 4.34. The van der Waals surface area contributed by atoms with Gasteiger partial charge in [0.25, 0.3) is 5.91 Å². The maximum atomic E-state index is 12.4. The van der Waals surface area contributed by atoms with Gasteiger partial charge in [0, 0.05) is 30.1 Å². The van der Waals surface area contributed by atoms with Gasteiger partial charge in [-0.1, -0.05) is 0 Å². The Labute approximate surface area is 170 Å². The van der Waals surface area contributed by atoms with Gasteiger partial charge in [0.1, 0.15) is 5.75 Å². The molecule has 148 valence electrons. The summed E-state index contributed by atoms with van der Waals surface area (Å²) in [5.41, 5.74) is 2.11. The molecule has 28 heavy (non-hydrogen) atoms. The second-order valence-electron chi connectivity index (χ2n) is 6.46. The van der Waals surface area contributed by atoms with E-state index in [1.165, 1.54) is 0 Å². The monoisotopic (exact) mass is 399 g/mol. The molecule has 1 aliphatic rings. The van der Waals surface area contributed by atoms with Gasteiger partial charge in [0.2, 0.25) is 0 Å². The highest BCUT2D eigenvalue weighted by molar-refractivity contribution is 7.80. The van der Waals surface area contributed by atoms with E-state index in [0.717, 1.165) is 36.6 Å². The van der Waals surface area contributed by atoms with Gasteiger partial charge >= 0.3 is 0 Å². The molecular weight excluding hydrogens is 374 g/mol. The van der Waals surface area contributed by atoms with Gasteiger partial charge in [-0.05, 0) is 80.5 Å². The van der Waals surface area contributed by atoms with E-state index in [1.54, 1.807) is 12.1 Å². The molecule has 0 aromatic heterocycles. The van der Waals surface area contributed by atoms with Gasteiger partial charge in [-0.15, -0.1) is 0 Å². The van der Waals surface area contributed by atoms with Crippen LogP contribution in [-0.2, 0) is 4.74 Å². The minimum absolute atomic E-state index is 0.171. The fourth-order valence-corrected chi connectivity index (χ4v) is 3.10. The number of hydrogen-bond acceptors (Lipinski definition) is 4. The fraction of sp³-hybridized carbons (Fsp3) is 0.333. The topological polar surface area (TPSA) is 71.6 Å². The molecule has 1 unspecified atom stereocenters. The van der Waals surface area contributed by atoms with E-state index in [9.17, 15) is 4.79 Å². The highest BCUT2D eigenvalue weighted by atomic mass is 32.1. The molecule has 0 spiro atoms. The van der Waals surface area contributed by atoms with Crippen molar-refractivity contribution in [1.29, 1.82) is 0 Å². The second kappa shape index (κ2) is 10.1. The maximum absolute atomic E-state index is 12.4. The average Bonchev–Trinajstić information content (AvgIpc) is 3.22. The Bertz CT molecular complexity index is 788. The highest BCUT2D eigenvalue weighted by Gasteiger charge is 2.15. The number of carbonyl (C=O) groups is 1. The minimum Gasteiger partial charge on any atom is -0.494 e. The van der Waals surface area contributed by atoms with Gasteiger partial charge in [-0.2, -0.15) is 0 Å². The lowest BCUT2D eigenvalue weighted by Gasteiger charge is -2.14. The molecule has 1 amide bonds. The molecule has 1 saturated heterocycles. The predicted molar refractivity (Wildman–Crippen MR) is 115 cm³/mol. The van der Waals surface area contributed by atoms with E-state index in [-0.39, 0.29) is 12.0 Å². The Morgan fingerprint density at radius 2 is 1.79 bits per heavy atom. The quantitative estimate of drug-likeness (QED) is 0.615. The third kappa shape index (κ3) is 5.94. The largest absolute Gasteiger partial charge is 0.494 e. The summed E-state index contributed by atoms with van der Waals surface area (Å²) in [6.07, 6.45) is 2.40. The zero-order chi connectivity index (χ0) is 19.8. The molecule has 0 radical (unpaired) electrons. The molecule has 1 atom stereocenters. The Morgan fingerprint density at radius 3 is 2.43 bits per heavy atom. The number of anilines is 2. The van der Waals surface area contributed by atoms with Crippen LogP contribution in [0, 0.1) is 0 Å². The zero-order valence-corrected chi connectivity index (χ0v) is 16.7. The lowest BCUT2D eigenvalue weighted by Crippen LogP contribution is -2.34. The number of nitrogens with one attached hydrogen (secondary N) is 3. The van der Waals surface area contributed by atoms with E-state index in [1.807, 2.05) is 43.3 Å². The number of hydrogen-bond donors (Lipinski definition) is 3. The molecular formula is C21H25N3O3S. The molecule has 0 saturated carbocycles. The molecule has 0 bridgehead atoms. The van der Waals surface area contributed by atoms with Crippen LogP contribution in [0.3, 0.4) is 0 Å². The Kier molecular flexibility index (Phi) is 7.22. The van der Waals surface area contributed by atoms with Crippen molar-refractivity contribution in [1.82, 2.24) is 5.32 Å². The molecule has 1 aliphatic heterocycles. The molecule has 6 nitrogen and oxygen atoms in total. The first kappa shape index (κ1) is 20.1. The smallest absolute Gasteiger partial charge is 0.255 e. The Balaban J connectivity index is 1.48. The van der Waals surface area contributed by atoms with E-state index in [2.05, 4.69) is 16.0 Å². The Morgan fingerprint density at radius 1 is 1.11 bits per heavy atom. The van der Waals surface area contributed by atoms with E-state index < -0.39 is 0 Å². The van der Waals surface area contributed by atoms with Gasteiger partial charge in [0.05, 0.1) is 12.7 Å². The number of ether oxygens (including phenoxy) is 2. The minimum atomic E-state index is -0.171. The number of rotatable bonds is 7. The summed E-state index contributed by atoms with van der Waals surface area (Å²) in [5.74, 6) is 0.606. The summed E-state index contributed by atoms with van der Waals surface area (Å²) >= 11 is 5.30. The summed E-state index contributed by atoms with van der Waals surface area (Å²) in [7, 11) is 0. The number of carbonyl (C=O) groups excluding carboxylic acids is 1. The molecule has 3 rings (SSSR count). The van der Waals surface area contributed by atoms with Crippen molar-refractivity contribution >= 4 is 34.6 Å². The first-order valence-corrected chi connectivity index (χ1v) is 9.85. The molecule has 1 fully saturated rings.